The van der Waals surface area contributed by atoms with E-state index in [1.54, 1.807) is 5.57 Å². The van der Waals surface area contributed by atoms with E-state index in [0.29, 0.717) is 24.2 Å². The fourth-order valence-corrected chi connectivity index (χ4v) is 5.84. The summed E-state index contributed by atoms with van der Waals surface area (Å²) in [5, 5.41) is 20.0. The largest absolute Gasteiger partial charge is 0.393 e. The Hall–Kier alpha value is -0.860. The van der Waals surface area contributed by atoms with E-state index in [4.69, 9.17) is 0 Å². The van der Waals surface area contributed by atoms with Crippen LogP contribution in [0.3, 0.4) is 0 Å². The zero-order chi connectivity index (χ0) is 17.5. The molecule has 2 N–H and O–H groups in total. The quantitative estimate of drug-likeness (QED) is 0.764. The van der Waals surface area contributed by atoms with Gasteiger partial charge in [-0.2, -0.15) is 0 Å². The summed E-state index contributed by atoms with van der Waals surface area (Å²) in [6.45, 7) is 11.3. The molecule has 0 aromatic rings. The van der Waals surface area contributed by atoms with Crippen LogP contribution in [0.2, 0.25) is 0 Å². The zero-order valence-corrected chi connectivity index (χ0v) is 15.6. The van der Waals surface area contributed by atoms with Crippen LogP contribution in [0.5, 0.6) is 0 Å². The maximum absolute atomic E-state index is 10.0. The van der Waals surface area contributed by atoms with E-state index in [2.05, 4.69) is 39.5 Å². The van der Waals surface area contributed by atoms with E-state index < -0.39 is 12.2 Å². The molecule has 3 aliphatic carbocycles. The molecule has 0 heterocycles. The summed E-state index contributed by atoms with van der Waals surface area (Å²) in [4.78, 5) is 0. The average Bonchev–Trinajstić information content (AvgIpc) is 2.87. The third-order valence-electron chi connectivity index (χ3n) is 7.11. The molecular formula is C22H34O2. The predicted octanol–water partition coefficient (Wildman–Crippen LogP) is 4.78. The number of rotatable bonds is 2. The van der Waals surface area contributed by atoms with Crippen LogP contribution in [0, 0.1) is 23.2 Å². The smallest absolute Gasteiger partial charge is 0.0811 e. The van der Waals surface area contributed by atoms with E-state index in [0.717, 1.165) is 23.0 Å². The van der Waals surface area contributed by atoms with Gasteiger partial charge in [-0.25, -0.2) is 0 Å². The number of hydrogen-bond donors (Lipinski definition) is 2. The van der Waals surface area contributed by atoms with Crippen molar-refractivity contribution >= 4 is 0 Å². The number of hydrogen-bond acceptors (Lipinski definition) is 2. The molecule has 0 aliphatic heterocycles. The highest BCUT2D eigenvalue weighted by Gasteiger charge is 2.49. The van der Waals surface area contributed by atoms with E-state index >= 15 is 0 Å². The van der Waals surface area contributed by atoms with Crippen molar-refractivity contribution in [3.05, 3.63) is 35.5 Å². The van der Waals surface area contributed by atoms with Crippen molar-refractivity contribution in [2.75, 3.05) is 0 Å². The Bertz CT molecular complexity index is 556. The molecule has 24 heavy (non-hydrogen) atoms. The van der Waals surface area contributed by atoms with Gasteiger partial charge < -0.3 is 10.2 Å². The molecule has 0 amide bonds. The van der Waals surface area contributed by atoms with Crippen molar-refractivity contribution < 1.29 is 10.2 Å². The first-order chi connectivity index (χ1) is 11.3. The van der Waals surface area contributed by atoms with Gasteiger partial charge in [0, 0.05) is 6.42 Å². The molecule has 3 rings (SSSR count). The van der Waals surface area contributed by atoms with Crippen molar-refractivity contribution in [2.24, 2.45) is 23.2 Å². The molecule has 3 saturated carbocycles. The lowest BCUT2D eigenvalue weighted by atomic mass is 9.61. The Labute approximate surface area is 147 Å². The van der Waals surface area contributed by atoms with Crippen LogP contribution in [-0.4, -0.2) is 22.4 Å². The normalized spacial score (nSPS) is 43.7. The Balaban J connectivity index is 1.83. The predicted molar refractivity (Wildman–Crippen MR) is 99.6 cm³/mol. The van der Waals surface area contributed by atoms with Gasteiger partial charge in [0.15, 0.2) is 0 Å². The second-order valence-electron chi connectivity index (χ2n) is 8.91. The zero-order valence-electron chi connectivity index (χ0n) is 15.6. The Morgan fingerprint density at radius 1 is 1.21 bits per heavy atom. The third kappa shape index (κ3) is 3.15. The van der Waals surface area contributed by atoms with Gasteiger partial charge in [0.2, 0.25) is 0 Å². The number of fused-ring (bicyclic) bond motifs is 1. The molecule has 0 bridgehead atoms. The van der Waals surface area contributed by atoms with Crippen LogP contribution in [0.1, 0.15) is 65.7 Å². The second kappa shape index (κ2) is 6.80. The molecule has 0 spiro atoms. The molecule has 5 atom stereocenters. The lowest BCUT2D eigenvalue weighted by Gasteiger charge is -2.43. The minimum absolute atomic E-state index is 0.420. The number of allylic oxidation sites excluding steroid dienone is 3. The topological polar surface area (TPSA) is 40.5 Å². The summed E-state index contributed by atoms with van der Waals surface area (Å²) in [5.74, 6) is 2.32. The molecule has 134 valence electrons. The monoisotopic (exact) mass is 330 g/mol. The van der Waals surface area contributed by atoms with Crippen molar-refractivity contribution in [3.8, 4) is 0 Å². The molecular weight excluding hydrogens is 296 g/mol. The van der Waals surface area contributed by atoms with Crippen molar-refractivity contribution in [2.45, 2.75) is 77.9 Å². The van der Waals surface area contributed by atoms with Crippen molar-refractivity contribution in [1.29, 1.82) is 0 Å². The average molecular weight is 331 g/mol. The van der Waals surface area contributed by atoms with Gasteiger partial charge in [-0.1, -0.05) is 45.1 Å². The maximum Gasteiger partial charge on any atom is 0.0811 e. The van der Waals surface area contributed by atoms with Crippen LogP contribution in [0.25, 0.3) is 0 Å². The molecule has 2 heteroatoms. The van der Waals surface area contributed by atoms with Gasteiger partial charge in [0.05, 0.1) is 12.2 Å². The third-order valence-corrected chi connectivity index (χ3v) is 7.11. The summed E-state index contributed by atoms with van der Waals surface area (Å²) >= 11 is 0. The lowest BCUT2D eigenvalue weighted by Crippen LogP contribution is -2.35. The van der Waals surface area contributed by atoms with E-state index in [1.165, 1.54) is 32.1 Å². The molecule has 3 aliphatic rings. The van der Waals surface area contributed by atoms with E-state index in [9.17, 15) is 10.2 Å². The summed E-state index contributed by atoms with van der Waals surface area (Å²) in [7, 11) is 0. The van der Waals surface area contributed by atoms with E-state index in [1.807, 2.05) is 0 Å². The van der Waals surface area contributed by atoms with Crippen LogP contribution in [0.4, 0.5) is 0 Å². The first kappa shape index (κ1) is 17.9. The molecule has 0 radical (unpaired) electrons. The minimum Gasteiger partial charge on any atom is -0.393 e. The summed E-state index contributed by atoms with van der Waals surface area (Å²) in [6.07, 6.45) is 11.0. The Morgan fingerprint density at radius 2 is 1.96 bits per heavy atom. The van der Waals surface area contributed by atoms with Crippen LogP contribution >= 0.6 is 0 Å². The van der Waals surface area contributed by atoms with Crippen LogP contribution < -0.4 is 0 Å². The lowest BCUT2D eigenvalue weighted by molar-refractivity contribution is 0.0862. The van der Waals surface area contributed by atoms with Crippen molar-refractivity contribution in [1.82, 2.24) is 0 Å². The molecule has 5 unspecified atom stereocenters. The highest BCUT2D eigenvalue weighted by Crippen LogP contribution is 2.59. The molecule has 0 saturated heterocycles. The first-order valence-electron chi connectivity index (χ1n) is 9.78. The SMILES string of the molecule is C=C1/C(=C\C=C2/CCCC3(C)C2CCC3C(C)C)CC(O)CC1O. The Kier molecular flexibility index (Phi) is 5.09. The van der Waals surface area contributed by atoms with Gasteiger partial charge in [-0.05, 0) is 72.8 Å². The second-order valence-corrected chi connectivity index (χ2v) is 8.91. The number of aliphatic hydroxyl groups is 2. The van der Waals surface area contributed by atoms with Crippen LogP contribution in [0.15, 0.2) is 35.5 Å². The highest BCUT2D eigenvalue weighted by atomic mass is 16.3. The molecule has 3 fully saturated rings. The van der Waals surface area contributed by atoms with Gasteiger partial charge in [-0.15, -0.1) is 0 Å². The minimum atomic E-state index is -0.591. The van der Waals surface area contributed by atoms with Gasteiger partial charge in [0.25, 0.3) is 0 Å². The maximum atomic E-state index is 10.0. The van der Waals surface area contributed by atoms with E-state index in [-0.39, 0.29) is 0 Å². The van der Waals surface area contributed by atoms with Gasteiger partial charge in [0.1, 0.15) is 0 Å². The van der Waals surface area contributed by atoms with Crippen molar-refractivity contribution in [3.63, 3.8) is 0 Å². The fraction of sp³-hybridized carbons (Fsp3) is 0.727. The van der Waals surface area contributed by atoms with Crippen LogP contribution in [-0.2, 0) is 0 Å². The Morgan fingerprint density at radius 3 is 2.67 bits per heavy atom. The fourth-order valence-electron chi connectivity index (χ4n) is 5.84. The summed E-state index contributed by atoms with van der Waals surface area (Å²) < 4.78 is 0. The van der Waals surface area contributed by atoms with Gasteiger partial charge >= 0.3 is 0 Å². The summed E-state index contributed by atoms with van der Waals surface area (Å²) in [6, 6.07) is 0. The standard InChI is InChI=1S/C22H34O2/c1-14(2)19-9-10-20-16(6-5-11-22(19,20)4)7-8-17-12-18(23)13-21(24)15(17)3/h7-8,14,18-21,23-24H,3,5-6,9-13H2,1-2,4H3/b16-7+,17-8-. The molecule has 2 nitrogen and oxygen atoms in total. The molecule has 0 aromatic heterocycles. The molecule has 0 aromatic carbocycles. The number of aliphatic hydroxyl groups excluding tert-OH is 2. The highest BCUT2D eigenvalue weighted by molar-refractivity contribution is 5.38. The summed E-state index contributed by atoms with van der Waals surface area (Å²) in [5.41, 5.74) is 3.86. The first-order valence-corrected chi connectivity index (χ1v) is 9.78. The van der Waals surface area contributed by atoms with Gasteiger partial charge in [-0.3, -0.25) is 0 Å².